The second kappa shape index (κ2) is 15.4. The Kier molecular flexibility index (Phi) is 12.1. The fourth-order valence-electron chi connectivity index (χ4n) is 13.2. The number of carboxylic acid groups (broad SMARTS) is 1. The van der Waals surface area contributed by atoms with Gasteiger partial charge in [-0.25, -0.2) is 0 Å². The van der Waals surface area contributed by atoms with Gasteiger partial charge in [0.2, 0.25) is 5.91 Å². The molecule has 0 heterocycles. The molecule has 0 radical (unpaired) electrons. The van der Waals surface area contributed by atoms with Crippen molar-refractivity contribution in [2.24, 2.45) is 62.6 Å². The van der Waals surface area contributed by atoms with Crippen LogP contribution in [0, 0.1) is 75.4 Å². The van der Waals surface area contributed by atoms with E-state index in [-0.39, 0.29) is 46.0 Å². The summed E-state index contributed by atoms with van der Waals surface area (Å²) in [7, 11) is 3.70. The first-order chi connectivity index (χ1) is 25.2. The summed E-state index contributed by atoms with van der Waals surface area (Å²) >= 11 is 0. The Morgan fingerprint density at radius 2 is 1.56 bits per heavy atom. The number of amides is 1. The lowest BCUT2D eigenvalue weighted by Gasteiger charge is -2.69. The number of likely N-dealkylation sites (N-methyl/N-ethyl adjacent to an activating group) is 1. The maximum atomic E-state index is 14.1. The second-order valence-electron chi connectivity index (χ2n) is 20.8. The molecule has 8 unspecified atom stereocenters. The molecule has 0 aromatic heterocycles. The number of hydrogen-bond donors (Lipinski definition) is 1. The van der Waals surface area contributed by atoms with Crippen molar-refractivity contribution in [2.75, 3.05) is 33.7 Å². The number of carbonyl (C=O) groups is 4. The van der Waals surface area contributed by atoms with Crippen molar-refractivity contribution >= 4 is 23.6 Å². The van der Waals surface area contributed by atoms with Gasteiger partial charge in [-0.1, -0.05) is 47.1 Å². The van der Waals surface area contributed by atoms with Crippen molar-refractivity contribution in [2.45, 2.75) is 145 Å². The molecule has 302 valence electrons. The number of hydrogen-bond acceptors (Lipinski definition) is 6. The summed E-state index contributed by atoms with van der Waals surface area (Å²) in [6.07, 6.45) is 20.4. The topological polar surface area (TPSA) is 104 Å². The summed E-state index contributed by atoms with van der Waals surface area (Å²) in [5.41, 5.74) is 1.55. The normalized spacial score (nSPS) is 35.6. The molecule has 54 heavy (non-hydrogen) atoms. The number of allylic oxidation sites excluding steroid dienone is 2. The Bertz CT molecular complexity index is 1520. The number of aliphatic carboxylic acids is 1. The number of carbonyl (C=O) groups excluding carboxylic acids is 3. The predicted molar refractivity (Wildman–Crippen MR) is 213 cm³/mol. The molecule has 5 saturated carbocycles. The predicted octanol–water partition coefficient (Wildman–Crippen LogP) is 8.43. The highest BCUT2D eigenvalue weighted by atomic mass is 16.5. The minimum atomic E-state index is -1.15. The molecule has 1 N–H and O–H groups in total. The lowest BCUT2D eigenvalue weighted by atomic mass is 9.36. The van der Waals surface area contributed by atoms with E-state index in [9.17, 15) is 24.3 Å². The van der Waals surface area contributed by atoms with Gasteiger partial charge >= 0.3 is 11.9 Å². The van der Waals surface area contributed by atoms with Gasteiger partial charge in [0.25, 0.3) is 0 Å². The van der Waals surface area contributed by atoms with Crippen molar-refractivity contribution in [3.63, 3.8) is 0 Å². The summed E-state index contributed by atoms with van der Waals surface area (Å²) in [5.74, 6) is 2.08. The average molecular weight is 749 g/mol. The lowest BCUT2D eigenvalue weighted by Crippen LogP contribution is -2.63. The monoisotopic (exact) mass is 749 g/mol. The Morgan fingerprint density at radius 1 is 0.907 bits per heavy atom. The van der Waals surface area contributed by atoms with Crippen LogP contribution in [-0.4, -0.2) is 78.4 Å². The number of ketones is 1. The second-order valence-corrected chi connectivity index (χ2v) is 20.8. The van der Waals surface area contributed by atoms with Gasteiger partial charge in [0.1, 0.15) is 6.10 Å². The molecule has 0 aliphatic heterocycles. The quantitative estimate of drug-likeness (QED) is 0.158. The Hall–Kier alpha value is -2.66. The van der Waals surface area contributed by atoms with E-state index in [1.807, 2.05) is 14.1 Å². The highest BCUT2D eigenvalue weighted by Crippen LogP contribution is 2.73. The van der Waals surface area contributed by atoms with Crippen molar-refractivity contribution < 1.29 is 29.0 Å². The molecule has 0 saturated heterocycles. The highest BCUT2D eigenvalue weighted by Gasteiger charge is 2.66. The van der Waals surface area contributed by atoms with Crippen molar-refractivity contribution in [3.05, 3.63) is 11.1 Å². The minimum Gasteiger partial charge on any atom is -0.481 e. The van der Waals surface area contributed by atoms with E-state index in [1.54, 1.807) is 18.7 Å². The van der Waals surface area contributed by atoms with Gasteiger partial charge in [-0.2, -0.15) is 0 Å². The van der Waals surface area contributed by atoms with E-state index < -0.39 is 17.4 Å². The Morgan fingerprint density at radius 3 is 2.15 bits per heavy atom. The fraction of sp³-hybridized carbons (Fsp3) is 0.826. The summed E-state index contributed by atoms with van der Waals surface area (Å²) in [6.45, 7) is 19.7. The van der Waals surface area contributed by atoms with Gasteiger partial charge < -0.3 is 14.7 Å². The van der Waals surface area contributed by atoms with Crippen LogP contribution in [0.4, 0.5) is 0 Å². The zero-order valence-electron chi connectivity index (χ0n) is 35.4. The number of ether oxygens (including phenoxy) is 1. The number of carboxylic acids is 1. The van der Waals surface area contributed by atoms with Crippen LogP contribution in [0.5, 0.6) is 0 Å². The van der Waals surface area contributed by atoms with Crippen LogP contribution in [0.2, 0.25) is 0 Å². The largest absolute Gasteiger partial charge is 0.481 e. The fourth-order valence-corrected chi connectivity index (χ4v) is 13.2. The molecule has 5 fully saturated rings. The molecule has 0 aromatic carbocycles. The van der Waals surface area contributed by atoms with Gasteiger partial charge in [-0.3, -0.25) is 24.1 Å². The van der Waals surface area contributed by atoms with Crippen LogP contribution in [0.25, 0.3) is 0 Å². The van der Waals surface area contributed by atoms with Crippen LogP contribution in [0.1, 0.15) is 139 Å². The summed E-state index contributed by atoms with van der Waals surface area (Å²) < 4.78 is 6.17. The van der Waals surface area contributed by atoms with Crippen LogP contribution in [0.3, 0.4) is 0 Å². The zero-order chi connectivity index (χ0) is 40.2. The molecule has 1 amide bonds. The molecule has 8 nitrogen and oxygen atoms in total. The lowest BCUT2D eigenvalue weighted by molar-refractivity contribution is -0.214. The van der Waals surface area contributed by atoms with Gasteiger partial charge in [0.05, 0.1) is 18.4 Å². The van der Waals surface area contributed by atoms with E-state index in [1.165, 1.54) is 31.3 Å². The number of terminal acetylenes is 1. The molecule has 0 bridgehead atoms. The first-order valence-electron chi connectivity index (χ1n) is 21.1. The molecule has 8 atom stereocenters. The summed E-state index contributed by atoms with van der Waals surface area (Å²) in [4.78, 5) is 55.8. The zero-order valence-corrected chi connectivity index (χ0v) is 35.4. The number of nitrogens with zero attached hydrogens (tertiary/aromatic N) is 2. The maximum absolute atomic E-state index is 14.1. The summed E-state index contributed by atoms with van der Waals surface area (Å²) in [5, 5.41) is 9.60. The standard InChI is InChI=1S/C44H70N2O6.C2H2/c1-27(2)37-31(47)23-44(21-22-46(25-28-11-12-28)26-35(48)45(9)10)20-15-30-29(38(37)44)13-14-33-42(30,7)18-16-32-41(5,6)34(17-19-43(32,33)8)52-36(49)24-40(3,4)39(50)51;1-2/h27-30,32-34H,11-26H2,1-10H3,(H,50,51);1-2H. The van der Waals surface area contributed by atoms with E-state index in [0.29, 0.717) is 48.3 Å². The van der Waals surface area contributed by atoms with Crippen LogP contribution in [0.15, 0.2) is 11.1 Å². The molecule has 8 heteroatoms. The smallest absolute Gasteiger partial charge is 0.309 e. The van der Waals surface area contributed by atoms with Crippen molar-refractivity contribution in [1.82, 2.24) is 9.80 Å². The average Bonchev–Trinajstić information content (AvgIpc) is 3.84. The third-order valence-corrected chi connectivity index (χ3v) is 16.1. The van der Waals surface area contributed by atoms with E-state index >= 15 is 0 Å². The SMILES string of the molecule is C#C.CC(C)C1=C2C3CCC4C(C)(CCC5C(C)(C)C(OC(=O)CC(C)(C)C(=O)O)CCC54C)C3CCC2(CCN(CC(=O)N(C)C)CC2CC2)CC1=O. The van der Waals surface area contributed by atoms with E-state index in [4.69, 9.17) is 4.74 Å². The first-order valence-corrected chi connectivity index (χ1v) is 21.1. The van der Waals surface area contributed by atoms with Crippen molar-refractivity contribution in [3.8, 4) is 12.8 Å². The van der Waals surface area contributed by atoms with Crippen LogP contribution < -0.4 is 0 Å². The van der Waals surface area contributed by atoms with E-state index in [0.717, 1.165) is 63.6 Å². The minimum absolute atomic E-state index is 0.0791. The number of esters is 1. The number of Topliss-reactive ketones (excluding diaryl/α,β-unsaturated/α-hetero) is 1. The molecule has 6 aliphatic rings. The first kappa shape index (κ1) is 42.5. The van der Waals surface area contributed by atoms with Gasteiger partial charge in [0.15, 0.2) is 5.78 Å². The third kappa shape index (κ3) is 7.58. The number of fused-ring (bicyclic) bond motifs is 7. The molecular formula is C46H72N2O6. The maximum Gasteiger partial charge on any atom is 0.309 e. The summed E-state index contributed by atoms with van der Waals surface area (Å²) in [6, 6.07) is 0. The van der Waals surface area contributed by atoms with Gasteiger partial charge in [-0.15, -0.1) is 12.8 Å². The Labute approximate surface area is 327 Å². The Balaban J connectivity index is 0.00000276. The highest BCUT2D eigenvalue weighted by molar-refractivity contribution is 6.00. The molecule has 0 spiro atoms. The van der Waals surface area contributed by atoms with Gasteiger partial charge in [0, 0.05) is 37.9 Å². The number of rotatable bonds is 12. The van der Waals surface area contributed by atoms with Crippen molar-refractivity contribution in [1.29, 1.82) is 0 Å². The molecular weight excluding hydrogens is 677 g/mol. The molecule has 6 aliphatic carbocycles. The van der Waals surface area contributed by atoms with Crippen LogP contribution >= 0.6 is 0 Å². The molecule has 6 rings (SSSR count). The van der Waals surface area contributed by atoms with Gasteiger partial charge in [-0.05, 0) is 143 Å². The van der Waals surface area contributed by atoms with E-state index in [2.05, 4.69) is 59.3 Å². The van der Waals surface area contributed by atoms with Crippen LogP contribution in [-0.2, 0) is 23.9 Å². The third-order valence-electron chi connectivity index (χ3n) is 16.1. The molecule has 0 aromatic rings.